The van der Waals surface area contributed by atoms with Crippen molar-refractivity contribution in [2.75, 3.05) is 11.1 Å². The minimum Gasteiger partial charge on any atom is -0.375 e. The van der Waals surface area contributed by atoms with E-state index in [0.717, 1.165) is 5.56 Å². The Morgan fingerprint density at radius 2 is 1.59 bits per heavy atom. The molecule has 0 saturated heterocycles. The van der Waals surface area contributed by atoms with Crippen LogP contribution in [0, 0.1) is 0 Å². The number of benzene rings is 2. The van der Waals surface area contributed by atoms with Crippen molar-refractivity contribution in [1.82, 2.24) is 15.0 Å². The van der Waals surface area contributed by atoms with E-state index in [0.29, 0.717) is 42.9 Å². The average Bonchev–Trinajstić information content (AvgIpc) is 3.04. The fraction of sp³-hybridized carbons (Fsp3) is 0.190. The van der Waals surface area contributed by atoms with Crippen LogP contribution in [0.4, 0.5) is 16.6 Å². The van der Waals surface area contributed by atoms with Crippen molar-refractivity contribution in [3.8, 4) is 11.4 Å². The number of hydrogen-bond donors (Lipinski definition) is 2. The maximum atomic E-state index is 6.32. The summed E-state index contributed by atoms with van der Waals surface area (Å²) in [4.78, 5) is 14.4. The molecule has 0 aliphatic carbocycles. The van der Waals surface area contributed by atoms with Crippen molar-refractivity contribution >= 4 is 61.5 Å². The lowest BCUT2D eigenvalue weighted by Gasteiger charge is -2.19. The highest BCUT2D eigenvalue weighted by Crippen LogP contribution is 2.36. The van der Waals surface area contributed by atoms with Gasteiger partial charge in [0.15, 0.2) is 21.6 Å². The smallest absolute Gasteiger partial charge is 0.182 e. The number of rotatable bonds is 3. The van der Waals surface area contributed by atoms with Crippen molar-refractivity contribution < 1.29 is 0 Å². The minimum absolute atomic E-state index is 0.0724. The Morgan fingerprint density at radius 3 is 2.21 bits per heavy atom. The number of nitrogens with one attached hydrogen (secondary N) is 1. The summed E-state index contributed by atoms with van der Waals surface area (Å²) in [5.74, 6) is 1.08. The zero-order chi connectivity index (χ0) is 20.8. The van der Waals surface area contributed by atoms with Crippen LogP contribution in [0.2, 0.25) is 10.0 Å². The molecule has 29 heavy (non-hydrogen) atoms. The summed E-state index contributed by atoms with van der Waals surface area (Å²) in [6.45, 7) is 6.54. The van der Waals surface area contributed by atoms with E-state index in [-0.39, 0.29) is 5.41 Å². The molecule has 2 heterocycles. The number of nitrogens with two attached hydrogens (primary N) is 1. The standard InChI is InChI=1S/C21H19Cl2N5S/c1-21(2,3)12-9-7-11(8-10-12)17-27-18(16-19(28-17)29-20(24)26-16)25-15-13(22)5-4-6-14(15)23/h4-10H,1-3H3,(H2,24,26)(H,25,27,28). The third kappa shape index (κ3) is 4.01. The van der Waals surface area contributed by atoms with Crippen LogP contribution in [0.5, 0.6) is 0 Å². The molecule has 0 aliphatic rings. The van der Waals surface area contributed by atoms with Gasteiger partial charge in [-0.25, -0.2) is 15.0 Å². The number of thiazole rings is 1. The minimum atomic E-state index is 0.0724. The molecule has 2 aromatic carbocycles. The van der Waals surface area contributed by atoms with Crippen LogP contribution in [-0.2, 0) is 5.41 Å². The predicted octanol–water partition coefficient (Wildman–Crippen LogP) is 6.68. The molecule has 3 N–H and O–H groups in total. The number of nitrogens with zero attached hydrogens (tertiary/aromatic N) is 3. The van der Waals surface area contributed by atoms with E-state index in [1.807, 2.05) is 12.1 Å². The lowest BCUT2D eigenvalue weighted by Crippen LogP contribution is -2.10. The van der Waals surface area contributed by atoms with Crippen LogP contribution in [-0.4, -0.2) is 15.0 Å². The van der Waals surface area contributed by atoms with Crippen LogP contribution >= 0.6 is 34.5 Å². The highest BCUT2D eigenvalue weighted by Gasteiger charge is 2.17. The van der Waals surface area contributed by atoms with Gasteiger partial charge in [-0.05, 0) is 23.1 Å². The summed E-state index contributed by atoms with van der Waals surface area (Å²) < 4.78 is 0. The van der Waals surface area contributed by atoms with Crippen LogP contribution in [0.25, 0.3) is 21.7 Å². The summed E-state index contributed by atoms with van der Waals surface area (Å²) in [7, 11) is 0. The molecule has 0 saturated carbocycles. The van der Waals surface area contributed by atoms with Crippen LogP contribution in [0.3, 0.4) is 0 Å². The molecule has 0 unspecified atom stereocenters. The molecule has 0 aliphatic heterocycles. The summed E-state index contributed by atoms with van der Waals surface area (Å²) in [6, 6.07) is 13.6. The third-order valence-corrected chi connectivity index (χ3v) is 5.90. The molecule has 0 fully saturated rings. The molecule has 0 spiro atoms. The largest absolute Gasteiger partial charge is 0.375 e. The van der Waals surface area contributed by atoms with E-state index < -0.39 is 0 Å². The lowest BCUT2D eigenvalue weighted by atomic mass is 9.87. The van der Waals surface area contributed by atoms with Gasteiger partial charge in [0.2, 0.25) is 0 Å². The maximum Gasteiger partial charge on any atom is 0.182 e. The summed E-state index contributed by atoms with van der Waals surface area (Å²) in [5.41, 5.74) is 9.29. The molecule has 0 amide bonds. The van der Waals surface area contributed by atoms with Gasteiger partial charge in [0, 0.05) is 5.56 Å². The molecule has 5 nitrogen and oxygen atoms in total. The average molecular weight is 444 g/mol. The summed E-state index contributed by atoms with van der Waals surface area (Å²) in [5, 5.41) is 4.61. The van der Waals surface area contributed by atoms with Crippen LogP contribution < -0.4 is 11.1 Å². The van der Waals surface area contributed by atoms with Gasteiger partial charge in [-0.15, -0.1) is 0 Å². The second-order valence-electron chi connectivity index (χ2n) is 7.65. The van der Waals surface area contributed by atoms with Gasteiger partial charge < -0.3 is 11.1 Å². The van der Waals surface area contributed by atoms with Crippen molar-refractivity contribution in [2.24, 2.45) is 0 Å². The zero-order valence-electron chi connectivity index (χ0n) is 16.1. The SMILES string of the molecule is CC(C)(C)c1ccc(-c2nc(Nc3c(Cl)cccc3Cl)c3nc(N)sc3n2)cc1. The Kier molecular flexibility index (Phi) is 5.11. The molecule has 148 valence electrons. The maximum absolute atomic E-state index is 6.32. The molecule has 0 atom stereocenters. The van der Waals surface area contributed by atoms with E-state index >= 15 is 0 Å². The van der Waals surface area contributed by atoms with Crippen molar-refractivity contribution in [2.45, 2.75) is 26.2 Å². The second-order valence-corrected chi connectivity index (χ2v) is 9.47. The number of hydrogen-bond acceptors (Lipinski definition) is 6. The van der Waals surface area contributed by atoms with Gasteiger partial charge in [-0.2, -0.15) is 0 Å². The predicted molar refractivity (Wildman–Crippen MR) is 124 cm³/mol. The number of nitrogen functional groups attached to an aromatic ring is 1. The van der Waals surface area contributed by atoms with Gasteiger partial charge in [0.1, 0.15) is 5.52 Å². The normalized spacial score (nSPS) is 11.8. The molecule has 8 heteroatoms. The van der Waals surface area contributed by atoms with Gasteiger partial charge in [0.25, 0.3) is 0 Å². The Bertz CT molecular complexity index is 1180. The molecule has 2 aromatic heterocycles. The van der Waals surface area contributed by atoms with Crippen LogP contribution in [0.15, 0.2) is 42.5 Å². The van der Waals surface area contributed by atoms with Crippen molar-refractivity contribution in [3.63, 3.8) is 0 Å². The van der Waals surface area contributed by atoms with Crippen molar-refractivity contribution in [3.05, 3.63) is 58.1 Å². The van der Waals surface area contributed by atoms with Gasteiger partial charge in [-0.1, -0.05) is 85.6 Å². The van der Waals surface area contributed by atoms with Crippen molar-refractivity contribution in [1.29, 1.82) is 0 Å². The fourth-order valence-electron chi connectivity index (χ4n) is 2.91. The third-order valence-electron chi connectivity index (χ3n) is 4.49. The molecule has 0 bridgehead atoms. The highest BCUT2D eigenvalue weighted by molar-refractivity contribution is 7.21. The lowest BCUT2D eigenvalue weighted by molar-refractivity contribution is 0.590. The Hall–Kier alpha value is -2.41. The summed E-state index contributed by atoms with van der Waals surface area (Å²) >= 11 is 14.0. The van der Waals surface area contributed by atoms with E-state index in [9.17, 15) is 0 Å². The number of fused-ring (bicyclic) bond motifs is 1. The van der Waals surface area contributed by atoms with E-state index in [1.165, 1.54) is 16.9 Å². The molecule has 4 aromatic rings. The quantitative estimate of drug-likeness (QED) is 0.368. The first-order chi connectivity index (χ1) is 13.7. The van der Waals surface area contributed by atoms with E-state index in [1.54, 1.807) is 18.2 Å². The van der Waals surface area contributed by atoms with Gasteiger partial charge >= 0.3 is 0 Å². The second kappa shape index (κ2) is 7.44. The fourth-order valence-corrected chi connectivity index (χ4v) is 4.11. The first-order valence-corrected chi connectivity index (χ1v) is 10.6. The number of para-hydroxylation sites is 1. The molecule has 4 rings (SSSR count). The summed E-state index contributed by atoms with van der Waals surface area (Å²) in [6.07, 6.45) is 0. The van der Waals surface area contributed by atoms with E-state index in [2.05, 4.69) is 48.2 Å². The van der Waals surface area contributed by atoms with Gasteiger partial charge in [0.05, 0.1) is 15.7 Å². The Morgan fingerprint density at radius 1 is 0.931 bits per heavy atom. The van der Waals surface area contributed by atoms with Crippen LogP contribution in [0.1, 0.15) is 26.3 Å². The Balaban J connectivity index is 1.83. The first kappa shape index (κ1) is 19.9. The monoisotopic (exact) mass is 443 g/mol. The molecule has 0 radical (unpaired) electrons. The van der Waals surface area contributed by atoms with Gasteiger partial charge in [-0.3, -0.25) is 0 Å². The van der Waals surface area contributed by atoms with E-state index in [4.69, 9.17) is 33.9 Å². The topological polar surface area (TPSA) is 76.7 Å². The Labute approximate surface area is 182 Å². The number of halogens is 2. The first-order valence-electron chi connectivity index (χ1n) is 8.98. The number of aromatic nitrogens is 3. The molecular formula is C21H19Cl2N5S. The number of anilines is 3. The molecular weight excluding hydrogens is 425 g/mol. The highest BCUT2D eigenvalue weighted by atomic mass is 35.5. The zero-order valence-corrected chi connectivity index (χ0v) is 18.5.